The van der Waals surface area contributed by atoms with Crippen molar-refractivity contribution in [2.24, 2.45) is 0 Å². The van der Waals surface area contributed by atoms with Crippen LogP contribution in [0.4, 0.5) is 0 Å². The molecule has 0 unspecified atom stereocenters. The molecule has 0 aliphatic rings. The summed E-state index contributed by atoms with van der Waals surface area (Å²) in [4.78, 5) is 2.86. The van der Waals surface area contributed by atoms with Crippen LogP contribution in [-0.4, -0.2) is 73.9 Å². The summed E-state index contributed by atoms with van der Waals surface area (Å²) >= 11 is 0. The van der Waals surface area contributed by atoms with Gasteiger partial charge >= 0.3 is 68.9 Å². The summed E-state index contributed by atoms with van der Waals surface area (Å²) in [5, 5.41) is 0. The van der Waals surface area contributed by atoms with Crippen LogP contribution in [-0.2, 0) is 18.6 Å². The molecule has 1 N–H and O–H groups in total. The van der Waals surface area contributed by atoms with E-state index in [0.717, 1.165) is 0 Å². The van der Waals surface area contributed by atoms with E-state index in [9.17, 15) is 0 Å². The van der Waals surface area contributed by atoms with E-state index >= 15 is 0 Å². The fourth-order valence-corrected chi connectivity index (χ4v) is 0.278. The van der Waals surface area contributed by atoms with E-state index in [1.54, 1.807) is 0 Å². The molecule has 3 heteroatoms. The van der Waals surface area contributed by atoms with Gasteiger partial charge in [-0.1, -0.05) is 0 Å². The molecule has 1 rings (SSSR count). The molecule has 1 heterocycles. The zero-order chi connectivity index (χ0) is 3.54. The van der Waals surface area contributed by atoms with E-state index in [0.29, 0.717) is 0 Å². The molecule has 1 nitrogen and oxygen atoms in total. The molecule has 0 aliphatic heterocycles. The average molecular weight is 252 g/mol. The molecule has 7 heavy (non-hydrogen) atoms. The molecule has 0 bridgehead atoms. The van der Waals surface area contributed by atoms with E-state index in [-0.39, 0.29) is 87.4 Å². The Hall–Kier alpha value is 1.92. The second kappa shape index (κ2) is 7.92. The SMILES string of the molecule is [CsH].[V].c1cc[nH]c1. The van der Waals surface area contributed by atoms with Crippen LogP contribution in [0, 0.1) is 0 Å². The molecule has 0 amide bonds. The molecule has 0 fully saturated rings. The third kappa shape index (κ3) is 5.79. The quantitative estimate of drug-likeness (QED) is 0.686. The fraction of sp³-hybridized carbons (Fsp3) is 0. The minimum atomic E-state index is 0. The standard InChI is InChI=1S/C4H5N.Cs.V.H/c1-2-4-5-3-1;;;/h1-5H;;;. The van der Waals surface area contributed by atoms with Gasteiger partial charge in [0.2, 0.25) is 0 Å². The third-order valence-electron chi connectivity index (χ3n) is 0.496. The number of aromatic amines is 1. The molecule has 0 aromatic carbocycles. The molecule has 1 radical (unpaired) electrons. The number of H-pyrrole nitrogens is 1. The van der Waals surface area contributed by atoms with Gasteiger partial charge in [0.15, 0.2) is 0 Å². The predicted octanol–water partition coefficient (Wildman–Crippen LogP) is 0.364. The largest absolute Gasteiger partial charge is 0.368 e. The topological polar surface area (TPSA) is 15.8 Å². The van der Waals surface area contributed by atoms with Gasteiger partial charge in [-0.25, -0.2) is 0 Å². The zero-order valence-corrected chi connectivity index (χ0v) is 4.65. The van der Waals surface area contributed by atoms with E-state index in [2.05, 4.69) is 4.98 Å². The van der Waals surface area contributed by atoms with Crippen LogP contribution < -0.4 is 0 Å². The molecular weight excluding hydrogens is 246 g/mol. The van der Waals surface area contributed by atoms with Crippen molar-refractivity contribution in [1.29, 1.82) is 0 Å². The molecule has 0 atom stereocenters. The van der Waals surface area contributed by atoms with Crippen molar-refractivity contribution >= 4 is 68.9 Å². The van der Waals surface area contributed by atoms with E-state index in [4.69, 9.17) is 0 Å². The van der Waals surface area contributed by atoms with Crippen LogP contribution in [0.15, 0.2) is 24.5 Å². The fourth-order valence-electron chi connectivity index (χ4n) is 0.278. The molecular formula is C4H6CsNV. The summed E-state index contributed by atoms with van der Waals surface area (Å²) in [6.07, 6.45) is 3.75. The van der Waals surface area contributed by atoms with Crippen molar-refractivity contribution in [1.82, 2.24) is 4.98 Å². The minimum Gasteiger partial charge on any atom is -0.368 e. The number of hydrogen-bond donors (Lipinski definition) is 1. The van der Waals surface area contributed by atoms with Gasteiger partial charge in [-0.2, -0.15) is 0 Å². The summed E-state index contributed by atoms with van der Waals surface area (Å²) in [7, 11) is 0. The maximum absolute atomic E-state index is 2.86. The van der Waals surface area contributed by atoms with Gasteiger partial charge in [0.25, 0.3) is 0 Å². The molecule has 1 aromatic rings. The van der Waals surface area contributed by atoms with Gasteiger partial charge in [0.05, 0.1) is 0 Å². The van der Waals surface area contributed by atoms with Gasteiger partial charge in [0.1, 0.15) is 0 Å². The molecule has 0 aliphatic carbocycles. The zero-order valence-electron chi connectivity index (χ0n) is 3.26. The first-order valence-corrected chi connectivity index (χ1v) is 1.58. The smallest absolute Gasteiger partial charge is 0.000496 e. The normalized spacial score (nSPS) is 5.71. The van der Waals surface area contributed by atoms with Crippen molar-refractivity contribution in [3.8, 4) is 0 Å². The summed E-state index contributed by atoms with van der Waals surface area (Å²) in [6, 6.07) is 3.89. The summed E-state index contributed by atoms with van der Waals surface area (Å²) in [5.41, 5.74) is 0. The minimum absolute atomic E-state index is 0. The van der Waals surface area contributed by atoms with Crippen molar-refractivity contribution in [2.45, 2.75) is 0 Å². The van der Waals surface area contributed by atoms with Gasteiger partial charge in [-0.15, -0.1) is 0 Å². The van der Waals surface area contributed by atoms with Crippen molar-refractivity contribution < 1.29 is 18.6 Å². The van der Waals surface area contributed by atoms with Gasteiger partial charge in [-0.3, -0.25) is 0 Å². The maximum atomic E-state index is 2.86. The third-order valence-corrected chi connectivity index (χ3v) is 0.496. The second-order valence-electron chi connectivity index (χ2n) is 0.885. The summed E-state index contributed by atoms with van der Waals surface area (Å²) in [6.45, 7) is 0. The molecule has 0 saturated heterocycles. The first kappa shape index (κ1) is 11.7. The van der Waals surface area contributed by atoms with E-state index in [1.807, 2.05) is 24.5 Å². The number of rotatable bonds is 0. The van der Waals surface area contributed by atoms with Crippen LogP contribution in [0.3, 0.4) is 0 Å². The van der Waals surface area contributed by atoms with Crippen LogP contribution in [0.5, 0.6) is 0 Å². The Morgan fingerprint density at radius 2 is 1.43 bits per heavy atom. The second-order valence-corrected chi connectivity index (χ2v) is 0.885. The van der Waals surface area contributed by atoms with Crippen LogP contribution in [0.25, 0.3) is 0 Å². The Labute approximate surface area is 114 Å². The summed E-state index contributed by atoms with van der Waals surface area (Å²) in [5.74, 6) is 0. The van der Waals surface area contributed by atoms with Crippen molar-refractivity contribution in [3.63, 3.8) is 0 Å². The van der Waals surface area contributed by atoms with Gasteiger partial charge in [0, 0.05) is 30.9 Å². The first-order chi connectivity index (χ1) is 2.50. The van der Waals surface area contributed by atoms with Gasteiger partial charge in [-0.05, 0) is 12.1 Å². The number of nitrogens with one attached hydrogen (secondary N) is 1. The van der Waals surface area contributed by atoms with Crippen LogP contribution in [0.1, 0.15) is 0 Å². The Morgan fingerprint density at radius 1 is 1.00 bits per heavy atom. The number of hydrogen-bond acceptors (Lipinski definition) is 0. The first-order valence-electron chi connectivity index (χ1n) is 1.58. The van der Waals surface area contributed by atoms with E-state index in [1.165, 1.54) is 0 Å². The van der Waals surface area contributed by atoms with Crippen molar-refractivity contribution in [2.75, 3.05) is 0 Å². The molecule has 33 valence electrons. The Bertz CT molecular complexity index is 68.2. The van der Waals surface area contributed by atoms with Crippen molar-refractivity contribution in [3.05, 3.63) is 24.5 Å². The molecule has 0 saturated carbocycles. The van der Waals surface area contributed by atoms with Gasteiger partial charge < -0.3 is 4.98 Å². The average Bonchev–Trinajstić information content (AvgIpc) is 1.76. The van der Waals surface area contributed by atoms with Crippen LogP contribution >= 0.6 is 0 Å². The molecule has 0 spiro atoms. The predicted molar refractivity (Wildman–Crippen MR) is 27.9 cm³/mol. The number of aromatic nitrogens is 1. The molecule has 1 aromatic heterocycles. The van der Waals surface area contributed by atoms with Crippen LogP contribution in [0.2, 0.25) is 0 Å². The maximum Gasteiger partial charge on any atom is 0.000496 e. The van der Waals surface area contributed by atoms with E-state index < -0.39 is 0 Å². The Morgan fingerprint density at radius 3 is 1.57 bits per heavy atom. The monoisotopic (exact) mass is 252 g/mol. The Kier molecular flexibility index (Phi) is 13.2. The summed E-state index contributed by atoms with van der Waals surface area (Å²) < 4.78 is 0. The Balaban J connectivity index is 0.